The largest absolute Gasteiger partial charge is 0.448 e. The van der Waals surface area contributed by atoms with Crippen molar-refractivity contribution in [2.45, 2.75) is 49.6 Å². The minimum Gasteiger partial charge on any atom is -0.448 e. The molecule has 1 amide bonds. The normalized spacial score (nSPS) is 19.9. The molecule has 2 fully saturated rings. The predicted molar refractivity (Wildman–Crippen MR) is 84.8 cm³/mol. The highest BCUT2D eigenvalue weighted by Gasteiger charge is 2.30. The lowest BCUT2D eigenvalue weighted by atomic mass is 10.3. The molecule has 0 bridgehead atoms. The van der Waals surface area contributed by atoms with Crippen molar-refractivity contribution in [2.75, 3.05) is 13.1 Å². The van der Waals surface area contributed by atoms with E-state index < -0.39 is 22.1 Å². The Hall–Kier alpha value is -1.87. The fraction of sp³-hybridized carbons (Fsp3) is 0.600. The van der Waals surface area contributed by atoms with Gasteiger partial charge >= 0.3 is 5.97 Å². The van der Waals surface area contributed by atoms with Crippen LogP contribution in [0.25, 0.3) is 0 Å². The SMILES string of the molecule is CC(OC(=O)c1cc(S(=O)(=O)N2CCCC2)c[nH]1)C(=O)NC1CC1. The molecule has 1 saturated heterocycles. The molecule has 24 heavy (non-hydrogen) atoms. The molecule has 0 radical (unpaired) electrons. The second-order valence-electron chi connectivity index (χ2n) is 6.19. The molecular weight excluding hydrogens is 334 g/mol. The van der Waals surface area contributed by atoms with Crippen LogP contribution in [-0.4, -0.2) is 54.8 Å². The molecule has 0 aromatic carbocycles. The zero-order chi connectivity index (χ0) is 17.3. The van der Waals surface area contributed by atoms with Gasteiger partial charge in [0.1, 0.15) is 10.6 Å². The van der Waals surface area contributed by atoms with Gasteiger partial charge in [-0.1, -0.05) is 0 Å². The van der Waals surface area contributed by atoms with Gasteiger partial charge in [0, 0.05) is 25.3 Å². The van der Waals surface area contributed by atoms with E-state index in [2.05, 4.69) is 10.3 Å². The smallest absolute Gasteiger partial charge is 0.355 e. The highest BCUT2D eigenvalue weighted by Crippen LogP contribution is 2.22. The number of esters is 1. The fourth-order valence-electron chi connectivity index (χ4n) is 2.54. The molecule has 1 saturated carbocycles. The molecule has 1 aromatic heterocycles. The average Bonchev–Trinajstić information content (AvgIpc) is 3.05. The van der Waals surface area contributed by atoms with Crippen LogP contribution in [0.15, 0.2) is 17.2 Å². The third-order valence-corrected chi connectivity index (χ3v) is 6.03. The number of H-pyrrole nitrogens is 1. The Balaban J connectivity index is 1.63. The van der Waals surface area contributed by atoms with Gasteiger partial charge in [0.05, 0.1) is 0 Å². The molecule has 1 aromatic rings. The quantitative estimate of drug-likeness (QED) is 0.727. The summed E-state index contributed by atoms with van der Waals surface area (Å²) in [6, 6.07) is 1.43. The van der Waals surface area contributed by atoms with Gasteiger partial charge in [-0.25, -0.2) is 13.2 Å². The maximum absolute atomic E-state index is 12.4. The van der Waals surface area contributed by atoms with Crippen molar-refractivity contribution in [2.24, 2.45) is 0 Å². The molecule has 2 N–H and O–H groups in total. The van der Waals surface area contributed by atoms with Gasteiger partial charge < -0.3 is 15.0 Å². The van der Waals surface area contributed by atoms with Crippen molar-refractivity contribution >= 4 is 21.9 Å². The molecule has 2 heterocycles. The lowest BCUT2D eigenvalue weighted by molar-refractivity contribution is -0.129. The number of hydrogen-bond donors (Lipinski definition) is 2. The van der Waals surface area contributed by atoms with Gasteiger partial charge in [0.25, 0.3) is 5.91 Å². The van der Waals surface area contributed by atoms with E-state index in [0.29, 0.717) is 13.1 Å². The molecule has 0 spiro atoms. The third kappa shape index (κ3) is 3.62. The van der Waals surface area contributed by atoms with Gasteiger partial charge in [-0.2, -0.15) is 4.31 Å². The Morgan fingerprint density at radius 1 is 1.33 bits per heavy atom. The van der Waals surface area contributed by atoms with Crippen LogP contribution in [0.3, 0.4) is 0 Å². The summed E-state index contributed by atoms with van der Waals surface area (Å²) < 4.78 is 31.3. The number of carbonyl (C=O) groups excluding carboxylic acids is 2. The lowest BCUT2D eigenvalue weighted by Crippen LogP contribution is -2.37. The topological polar surface area (TPSA) is 109 Å². The van der Waals surface area contributed by atoms with Crippen LogP contribution in [-0.2, 0) is 19.6 Å². The van der Waals surface area contributed by atoms with E-state index in [1.54, 1.807) is 0 Å². The van der Waals surface area contributed by atoms with Crippen LogP contribution in [0.2, 0.25) is 0 Å². The highest BCUT2D eigenvalue weighted by atomic mass is 32.2. The molecular formula is C15H21N3O5S. The van der Waals surface area contributed by atoms with Crippen molar-refractivity contribution < 1.29 is 22.7 Å². The second kappa shape index (κ2) is 6.56. The number of rotatable bonds is 6. The van der Waals surface area contributed by atoms with Gasteiger partial charge in [-0.3, -0.25) is 4.79 Å². The minimum atomic E-state index is -3.59. The van der Waals surface area contributed by atoms with Gasteiger partial charge in [-0.05, 0) is 38.7 Å². The van der Waals surface area contributed by atoms with E-state index in [4.69, 9.17) is 4.74 Å². The summed E-state index contributed by atoms with van der Waals surface area (Å²) in [6.07, 6.45) is 3.92. The van der Waals surface area contributed by atoms with Crippen LogP contribution in [0.5, 0.6) is 0 Å². The Bertz CT molecular complexity index is 732. The maximum atomic E-state index is 12.4. The van der Waals surface area contributed by atoms with Crippen molar-refractivity contribution in [3.05, 3.63) is 18.0 Å². The van der Waals surface area contributed by atoms with Crippen LogP contribution in [0, 0.1) is 0 Å². The number of sulfonamides is 1. The van der Waals surface area contributed by atoms with E-state index in [-0.39, 0.29) is 22.5 Å². The molecule has 1 atom stereocenters. The average molecular weight is 355 g/mol. The first-order valence-electron chi connectivity index (χ1n) is 8.08. The number of aromatic amines is 1. The monoisotopic (exact) mass is 355 g/mol. The summed E-state index contributed by atoms with van der Waals surface area (Å²) in [7, 11) is -3.59. The number of nitrogens with one attached hydrogen (secondary N) is 2. The van der Waals surface area contributed by atoms with Crippen LogP contribution >= 0.6 is 0 Å². The number of aromatic nitrogens is 1. The van der Waals surface area contributed by atoms with Crippen LogP contribution < -0.4 is 5.32 Å². The first-order chi connectivity index (χ1) is 11.4. The van der Waals surface area contributed by atoms with Crippen molar-refractivity contribution in [3.63, 3.8) is 0 Å². The third-order valence-electron chi connectivity index (χ3n) is 4.16. The number of hydrogen-bond acceptors (Lipinski definition) is 5. The zero-order valence-electron chi connectivity index (χ0n) is 13.4. The Labute approximate surface area is 140 Å². The van der Waals surface area contributed by atoms with Gasteiger partial charge in [0.2, 0.25) is 10.0 Å². The van der Waals surface area contributed by atoms with Crippen molar-refractivity contribution in [1.82, 2.24) is 14.6 Å². The molecule has 8 nitrogen and oxygen atoms in total. The summed E-state index contributed by atoms with van der Waals surface area (Å²) in [4.78, 5) is 26.5. The highest BCUT2D eigenvalue weighted by molar-refractivity contribution is 7.89. The van der Waals surface area contributed by atoms with E-state index in [0.717, 1.165) is 25.7 Å². The van der Waals surface area contributed by atoms with E-state index in [9.17, 15) is 18.0 Å². The van der Waals surface area contributed by atoms with E-state index in [1.807, 2.05) is 0 Å². The molecule has 1 unspecified atom stereocenters. The minimum absolute atomic E-state index is 0.0128. The Kier molecular flexibility index (Phi) is 4.64. The standard InChI is InChI=1S/C15H21N3O5S/c1-10(14(19)17-11-4-5-11)23-15(20)13-8-12(9-16-13)24(21,22)18-6-2-3-7-18/h8-11,16H,2-7H2,1H3,(H,17,19). The zero-order valence-corrected chi connectivity index (χ0v) is 14.3. The number of ether oxygens (including phenoxy) is 1. The number of nitrogens with zero attached hydrogens (tertiary/aromatic N) is 1. The van der Waals surface area contributed by atoms with Crippen molar-refractivity contribution in [3.8, 4) is 0 Å². The van der Waals surface area contributed by atoms with E-state index in [1.165, 1.54) is 23.5 Å². The van der Waals surface area contributed by atoms with Gasteiger partial charge in [-0.15, -0.1) is 0 Å². The predicted octanol–water partition coefficient (Wildman–Crippen LogP) is 0.623. The number of carbonyl (C=O) groups is 2. The molecule has 9 heteroatoms. The number of amides is 1. The van der Waals surface area contributed by atoms with Crippen LogP contribution in [0.4, 0.5) is 0 Å². The summed E-state index contributed by atoms with van der Waals surface area (Å²) in [5, 5.41) is 2.75. The van der Waals surface area contributed by atoms with Crippen molar-refractivity contribution in [1.29, 1.82) is 0 Å². The lowest BCUT2D eigenvalue weighted by Gasteiger charge is -2.13. The first kappa shape index (κ1) is 17.0. The molecule has 132 valence electrons. The second-order valence-corrected chi connectivity index (χ2v) is 8.13. The first-order valence-corrected chi connectivity index (χ1v) is 9.52. The molecule has 2 aliphatic rings. The summed E-state index contributed by atoms with van der Waals surface area (Å²) >= 11 is 0. The molecule has 3 rings (SSSR count). The van der Waals surface area contributed by atoms with Gasteiger partial charge in [0.15, 0.2) is 6.10 Å². The summed E-state index contributed by atoms with van der Waals surface area (Å²) in [5.74, 6) is -1.10. The Morgan fingerprint density at radius 2 is 2.00 bits per heavy atom. The van der Waals surface area contributed by atoms with Crippen LogP contribution in [0.1, 0.15) is 43.1 Å². The summed E-state index contributed by atoms with van der Waals surface area (Å²) in [6.45, 7) is 2.47. The van der Waals surface area contributed by atoms with E-state index >= 15 is 0 Å². The molecule has 1 aliphatic heterocycles. The summed E-state index contributed by atoms with van der Waals surface area (Å²) in [5.41, 5.74) is 0.0128. The maximum Gasteiger partial charge on any atom is 0.355 e. The Morgan fingerprint density at radius 3 is 2.62 bits per heavy atom. The molecule has 1 aliphatic carbocycles. The fourth-order valence-corrected chi connectivity index (χ4v) is 4.05.